The van der Waals surface area contributed by atoms with Crippen molar-refractivity contribution in [2.75, 3.05) is 24.2 Å². The first-order valence-corrected chi connectivity index (χ1v) is 6.32. The Bertz CT molecular complexity index is 326. The van der Waals surface area contributed by atoms with Gasteiger partial charge in [-0.15, -0.1) is 11.8 Å². The van der Waals surface area contributed by atoms with Gasteiger partial charge in [0.2, 0.25) is 5.95 Å². The summed E-state index contributed by atoms with van der Waals surface area (Å²) in [5, 5.41) is 10.4. The third-order valence-electron chi connectivity index (χ3n) is 2.57. The molecule has 0 aromatic carbocycles. The fourth-order valence-electron chi connectivity index (χ4n) is 1.66. The minimum atomic E-state index is -0.148. The van der Waals surface area contributed by atoms with Crippen molar-refractivity contribution in [2.24, 2.45) is 0 Å². The maximum absolute atomic E-state index is 9.40. The molecule has 4 nitrogen and oxygen atoms in total. The highest BCUT2D eigenvalue weighted by Gasteiger charge is 2.18. The number of thioether (sulfide) groups is 1. The van der Waals surface area contributed by atoms with Crippen LogP contribution in [0.25, 0.3) is 0 Å². The molecule has 0 saturated carbocycles. The molecule has 5 heteroatoms. The third-order valence-corrected chi connectivity index (χ3v) is 3.22. The van der Waals surface area contributed by atoms with Crippen LogP contribution in [-0.4, -0.2) is 40.5 Å². The number of nitrogens with zero attached hydrogens (tertiary/aromatic N) is 3. The van der Waals surface area contributed by atoms with Crippen LogP contribution < -0.4 is 4.90 Å². The topological polar surface area (TPSA) is 49.2 Å². The van der Waals surface area contributed by atoms with Gasteiger partial charge in [-0.1, -0.05) is 0 Å². The standard InChI is InChI=1S/C10H15N3OS/c1-15-9-2-5-11-10(12-9)13-6-3-8(14)4-7-13/h2,5,8,14H,3-4,6-7H2,1H3. The summed E-state index contributed by atoms with van der Waals surface area (Å²) < 4.78 is 0. The van der Waals surface area contributed by atoms with Gasteiger partial charge in [0, 0.05) is 19.3 Å². The van der Waals surface area contributed by atoms with Gasteiger partial charge in [-0.05, 0) is 25.2 Å². The Labute approximate surface area is 93.7 Å². The molecule has 0 spiro atoms. The molecular weight excluding hydrogens is 210 g/mol. The van der Waals surface area contributed by atoms with Crippen LogP contribution in [-0.2, 0) is 0 Å². The van der Waals surface area contributed by atoms with E-state index in [4.69, 9.17) is 0 Å². The Morgan fingerprint density at radius 1 is 1.47 bits per heavy atom. The van der Waals surface area contributed by atoms with Gasteiger partial charge < -0.3 is 10.0 Å². The quantitative estimate of drug-likeness (QED) is 0.604. The number of aliphatic hydroxyl groups is 1. The van der Waals surface area contributed by atoms with Gasteiger partial charge in [0.1, 0.15) is 5.03 Å². The first-order valence-electron chi connectivity index (χ1n) is 5.09. The van der Waals surface area contributed by atoms with Crippen LogP contribution in [0.3, 0.4) is 0 Å². The highest BCUT2D eigenvalue weighted by atomic mass is 32.2. The molecule has 1 aromatic heterocycles. The van der Waals surface area contributed by atoms with Crippen molar-refractivity contribution in [1.82, 2.24) is 9.97 Å². The molecule has 0 bridgehead atoms. The van der Waals surface area contributed by atoms with Crippen LogP contribution in [0.1, 0.15) is 12.8 Å². The number of aliphatic hydroxyl groups excluding tert-OH is 1. The van der Waals surface area contributed by atoms with Crippen LogP contribution in [0.15, 0.2) is 17.3 Å². The number of anilines is 1. The summed E-state index contributed by atoms with van der Waals surface area (Å²) in [5.41, 5.74) is 0. The van der Waals surface area contributed by atoms with Gasteiger partial charge in [0.15, 0.2) is 0 Å². The molecule has 2 rings (SSSR count). The van der Waals surface area contributed by atoms with Crippen molar-refractivity contribution in [1.29, 1.82) is 0 Å². The summed E-state index contributed by atoms with van der Waals surface area (Å²) >= 11 is 1.62. The minimum absolute atomic E-state index is 0.148. The van der Waals surface area contributed by atoms with Gasteiger partial charge in [0.05, 0.1) is 6.10 Å². The van der Waals surface area contributed by atoms with Gasteiger partial charge >= 0.3 is 0 Å². The number of aromatic nitrogens is 2. The summed E-state index contributed by atoms with van der Waals surface area (Å²) in [7, 11) is 0. The van der Waals surface area contributed by atoms with Crippen molar-refractivity contribution >= 4 is 17.7 Å². The lowest BCUT2D eigenvalue weighted by Crippen LogP contribution is -2.36. The van der Waals surface area contributed by atoms with E-state index in [9.17, 15) is 5.11 Å². The zero-order chi connectivity index (χ0) is 10.7. The molecule has 1 N–H and O–H groups in total. The number of hydrogen-bond donors (Lipinski definition) is 1. The van der Waals surface area contributed by atoms with E-state index in [-0.39, 0.29) is 6.10 Å². The van der Waals surface area contributed by atoms with Gasteiger partial charge in [-0.25, -0.2) is 9.97 Å². The van der Waals surface area contributed by atoms with E-state index in [1.165, 1.54) is 0 Å². The zero-order valence-electron chi connectivity index (χ0n) is 8.76. The lowest BCUT2D eigenvalue weighted by Gasteiger charge is -2.29. The SMILES string of the molecule is CSc1ccnc(N2CCC(O)CC2)n1. The normalized spacial score (nSPS) is 18.1. The molecule has 15 heavy (non-hydrogen) atoms. The van der Waals surface area contributed by atoms with Gasteiger partial charge in [-0.2, -0.15) is 0 Å². The van der Waals surface area contributed by atoms with E-state index < -0.39 is 0 Å². The molecule has 2 heterocycles. The number of hydrogen-bond acceptors (Lipinski definition) is 5. The Morgan fingerprint density at radius 3 is 2.87 bits per heavy atom. The third kappa shape index (κ3) is 2.60. The highest BCUT2D eigenvalue weighted by molar-refractivity contribution is 7.98. The first-order chi connectivity index (χ1) is 7.29. The predicted molar refractivity (Wildman–Crippen MR) is 61.3 cm³/mol. The van der Waals surface area contributed by atoms with Crippen molar-refractivity contribution in [2.45, 2.75) is 24.0 Å². The van der Waals surface area contributed by atoms with Crippen LogP contribution >= 0.6 is 11.8 Å². The van der Waals surface area contributed by atoms with Gasteiger partial charge in [-0.3, -0.25) is 0 Å². The number of rotatable bonds is 2. The molecule has 1 aliphatic rings. The highest BCUT2D eigenvalue weighted by Crippen LogP contribution is 2.18. The van der Waals surface area contributed by atoms with E-state index in [2.05, 4.69) is 14.9 Å². The van der Waals surface area contributed by atoms with Crippen LogP contribution in [0.5, 0.6) is 0 Å². The largest absolute Gasteiger partial charge is 0.393 e. The fourth-order valence-corrected chi connectivity index (χ4v) is 2.03. The van der Waals surface area contributed by atoms with Crippen molar-refractivity contribution in [3.63, 3.8) is 0 Å². The summed E-state index contributed by atoms with van der Waals surface area (Å²) in [4.78, 5) is 10.8. The average Bonchev–Trinajstić information content (AvgIpc) is 2.30. The molecule has 1 saturated heterocycles. The molecular formula is C10H15N3OS. The van der Waals surface area contributed by atoms with E-state index in [0.717, 1.165) is 36.9 Å². The molecule has 0 radical (unpaired) electrons. The Hall–Kier alpha value is -0.810. The number of piperidine rings is 1. The van der Waals surface area contributed by atoms with Crippen LogP contribution in [0, 0.1) is 0 Å². The van der Waals surface area contributed by atoms with Crippen molar-refractivity contribution in [3.05, 3.63) is 12.3 Å². The summed E-state index contributed by atoms with van der Waals surface area (Å²) in [5.74, 6) is 0.786. The van der Waals surface area contributed by atoms with Crippen molar-refractivity contribution < 1.29 is 5.11 Å². The molecule has 0 amide bonds. The smallest absolute Gasteiger partial charge is 0.226 e. The van der Waals surface area contributed by atoms with E-state index in [1.807, 2.05) is 12.3 Å². The fraction of sp³-hybridized carbons (Fsp3) is 0.600. The molecule has 1 aliphatic heterocycles. The maximum atomic E-state index is 9.40. The average molecular weight is 225 g/mol. The summed E-state index contributed by atoms with van der Waals surface area (Å²) in [6, 6.07) is 1.91. The molecule has 0 atom stereocenters. The second-order valence-corrected chi connectivity index (χ2v) is 4.44. The van der Waals surface area contributed by atoms with Crippen LogP contribution in [0.2, 0.25) is 0 Å². The van der Waals surface area contributed by atoms with Gasteiger partial charge in [0.25, 0.3) is 0 Å². The molecule has 0 aliphatic carbocycles. The van der Waals surface area contributed by atoms with E-state index in [0.29, 0.717) is 0 Å². The lowest BCUT2D eigenvalue weighted by molar-refractivity contribution is 0.145. The zero-order valence-corrected chi connectivity index (χ0v) is 9.57. The lowest BCUT2D eigenvalue weighted by atomic mass is 10.1. The maximum Gasteiger partial charge on any atom is 0.226 e. The Kier molecular flexibility index (Phi) is 3.43. The molecule has 82 valence electrons. The van der Waals surface area contributed by atoms with Crippen LogP contribution in [0.4, 0.5) is 5.95 Å². The molecule has 1 fully saturated rings. The predicted octanol–water partition coefficient (Wildman–Crippen LogP) is 1.16. The molecule has 1 aromatic rings. The summed E-state index contributed by atoms with van der Waals surface area (Å²) in [6.07, 6.45) is 5.27. The minimum Gasteiger partial charge on any atom is -0.393 e. The monoisotopic (exact) mass is 225 g/mol. The molecule has 0 unspecified atom stereocenters. The second-order valence-electron chi connectivity index (χ2n) is 3.62. The van der Waals surface area contributed by atoms with E-state index in [1.54, 1.807) is 18.0 Å². The van der Waals surface area contributed by atoms with E-state index >= 15 is 0 Å². The second kappa shape index (κ2) is 4.81. The Balaban J connectivity index is 2.08. The Morgan fingerprint density at radius 2 is 2.20 bits per heavy atom. The first kappa shape index (κ1) is 10.7. The summed E-state index contributed by atoms with van der Waals surface area (Å²) in [6.45, 7) is 1.69. The van der Waals surface area contributed by atoms with Crippen molar-refractivity contribution in [3.8, 4) is 0 Å².